The van der Waals surface area contributed by atoms with E-state index in [1.165, 1.54) is 0 Å². The van der Waals surface area contributed by atoms with Gasteiger partial charge in [-0.3, -0.25) is 0 Å². The number of rotatable bonds is 6. The van der Waals surface area contributed by atoms with Crippen molar-refractivity contribution in [1.82, 2.24) is 15.5 Å². The lowest BCUT2D eigenvalue weighted by Crippen LogP contribution is -2.32. The number of nitrogens with one attached hydrogen (secondary N) is 1. The van der Waals surface area contributed by atoms with Crippen LogP contribution in [0.15, 0.2) is 4.52 Å². The molecule has 0 spiro atoms. The van der Waals surface area contributed by atoms with Crippen molar-refractivity contribution in [2.24, 2.45) is 5.41 Å². The average Bonchev–Trinajstić information content (AvgIpc) is 2.91. The van der Waals surface area contributed by atoms with Gasteiger partial charge < -0.3 is 19.3 Å². The van der Waals surface area contributed by atoms with Crippen molar-refractivity contribution in [2.45, 2.75) is 59.4 Å². The molecule has 0 aromatic carbocycles. The highest BCUT2D eigenvalue weighted by Gasteiger charge is 2.31. The van der Waals surface area contributed by atoms with E-state index in [1.807, 2.05) is 6.92 Å². The van der Waals surface area contributed by atoms with Gasteiger partial charge >= 0.3 is 0 Å². The van der Waals surface area contributed by atoms with Gasteiger partial charge in [0.25, 0.3) is 5.89 Å². The van der Waals surface area contributed by atoms with Gasteiger partial charge in [-0.05, 0) is 38.3 Å². The quantitative estimate of drug-likeness (QED) is 0.870. The molecule has 2 rings (SSSR count). The number of piperidine rings is 1. The molecule has 1 saturated heterocycles. The minimum Gasteiger partial charge on any atom is -0.370 e. The smallest absolute Gasteiger partial charge is 0.252 e. The SMILES string of the molecule is CCOC(c1noc(COC2CCNCC2)n1)C(C)(C)C. The fourth-order valence-corrected chi connectivity index (χ4v) is 2.46. The molecule has 0 bridgehead atoms. The Morgan fingerprint density at radius 2 is 2.05 bits per heavy atom. The molecular formula is C15H27N3O3. The summed E-state index contributed by atoms with van der Waals surface area (Å²) in [5.74, 6) is 1.13. The van der Waals surface area contributed by atoms with E-state index in [0.717, 1.165) is 25.9 Å². The highest BCUT2D eigenvalue weighted by molar-refractivity contribution is 4.96. The van der Waals surface area contributed by atoms with Crippen LogP contribution in [-0.2, 0) is 16.1 Å². The maximum absolute atomic E-state index is 5.83. The van der Waals surface area contributed by atoms with E-state index >= 15 is 0 Å². The van der Waals surface area contributed by atoms with Crippen LogP contribution in [0.4, 0.5) is 0 Å². The molecule has 6 heteroatoms. The first-order valence-electron chi connectivity index (χ1n) is 7.77. The van der Waals surface area contributed by atoms with E-state index in [2.05, 4.69) is 36.2 Å². The number of nitrogens with zero attached hydrogens (tertiary/aromatic N) is 2. The Bertz CT molecular complexity index is 422. The molecule has 120 valence electrons. The second-order valence-electron chi connectivity index (χ2n) is 6.51. The lowest BCUT2D eigenvalue weighted by Gasteiger charge is -2.27. The standard InChI is InChI=1S/C15H27N3O3/c1-5-19-13(15(2,3)4)14-17-12(21-18-14)10-20-11-6-8-16-9-7-11/h11,13,16H,5-10H2,1-4H3. The second kappa shape index (κ2) is 7.33. The predicted molar refractivity (Wildman–Crippen MR) is 78.8 cm³/mol. The first-order chi connectivity index (χ1) is 10.0. The van der Waals surface area contributed by atoms with Gasteiger partial charge in [-0.2, -0.15) is 4.98 Å². The van der Waals surface area contributed by atoms with E-state index < -0.39 is 0 Å². The highest BCUT2D eigenvalue weighted by atomic mass is 16.5. The van der Waals surface area contributed by atoms with Crippen molar-refractivity contribution in [2.75, 3.05) is 19.7 Å². The molecule has 1 aliphatic rings. The molecule has 0 radical (unpaired) electrons. The third kappa shape index (κ3) is 4.76. The predicted octanol–water partition coefficient (Wildman–Crippen LogP) is 2.46. The maximum Gasteiger partial charge on any atom is 0.252 e. The van der Waals surface area contributed by atoms with Crippen molar-refractivity contribution in [3.05, 3.63) is 11.7 Å². The molecule has 6 nitrogen and oxygen atoms in total. The average molecular weight is 297 g/mol. The fraction of sp³-hybridized carbons (Fsp3) is 0.867. The molecule has 0 amide bonds. The van der Waals surface area contributed by atoms with Crippen LogP contribution in [-0.4, -0.2) is 35.9 Å². The van der Waals surface area contributed by atoms with E-state index in [0.29, 0.717) is 24.9 Å². The van der Waals surface area contributed by atoms with Crippen LogP contribution < -0.4 is 5.32 Å². The van der Waals surface area contributed by atoms with Crippen molar-refractivity contribution >= 4 is 0 Å². The Labute approximate surface area is 126 Å². The zero-order valence-electron chi connectivity index (χ0n) is 13.5. The first-order valence-corrected chi connectivity index (χ1v) is 7.77. The Morgan fingerprint density at radius 1 is 1.33 bits per heavy atom. The van der Waals surface area contributed by atoms with E-state index in [-0.39, 0.29) is 17.6 Å². The molecule has 1 aliphatic heterocycles. The molecule has 1 N–H and O–H groups in total. The van der Waals surface area contributed by atoms with Crippen molar-refractivity contribution in [1.29, 1.82) is 0 Å². The van der Waals surface area contributed by atoms with Crippen LogP contribution in [0.3, 0.4) is 0 Å². The summed E-state index contributed by atoms with van der Waals surface area (Å²) in [7, 11) is 0. The van der Waals surface area contributed by atoms with Crippen molar-refractivity contribution in [3.63, 3.8) is 0 Å². The Kier molecular flexibility index (Phi) is 5.72. The van der Waals surface area contributed by atoms with Crippen molar-refractivity contribution in [3.8, 4) is 0 Å². The minimum absolute atomic E-state index is 0.0763. The summed E-state index contributed by atoms with van der Waals surface area (Å²) in [6, 6.07) is 0. The fourth-order valence-electron chi connectivity index (χ4n) is 2.46. The summed E-state index contributed by atoms with van der Waals surface area (Å²) in [5, 5.41) is 7.38. The van der Waals surface area contributed by atoms with Gasteiger partial charge in [0.1, 0.15) is 12.7 Å². The lowest BCUT2D eigenvalue weighted by molar-refractivity contribution is -0.0203. The van der Waals surface area contributed by atoms with Crippen LogP contribution in [0.25, 0.3) is 0 Å². The lowest BCUT2D eigenvalue weighted by atomic mass is 9.88. The van der Waals surface area contributed by atoms with E-state index in [1.54, 1.807) is 0 Å². The highest BCUT2D eigenvalue weighted by Crippen LogP contribution is 2.34. The Balaban J connectivity index is 1.93. The molecule has 1 unspecified atom stereocenters. The third-order valence-electron chi connectivity index (χ3n) is 3.57. The number of hydrogen-bond donors (Lipinski definition) is 1. The maximum atomic E-state index is 5.83. The monoisotopic (exact) mass is 297 g/mol. The minimum atomic E-state index is -0.168. The van der Waals surface area contributed by atoms with Crippen LogP contribution in [0.1, 0.15) is 58.4 Å². The summed E-state index contributed by atoms with van der Waals surface area (Å²) in [6.07, 6.45) is 2.18. The van der Waals surface area contributed by atoms with Gasteiger partial charge in [-0.1, -0.05) is 25.9 Å². The third-order valence-corrected chi connectivity index (χ3v) is 3.57. The van der Waals surface area contributed by atoms with E-state index in [9.17, 15) is 0 Å². The number of aromatic nitrogens is 2. The van der Waals surface area contributed by atoms with Gasteiger partial charge in [-0.15, -0.1) is 0 Å². The second-order valence-corrected chi connectivity index (χ2v) is 6.51. The molecule has 1 fully saturated rings. The van der Waals surface area contributed by atoms with E-state index in [4.69, 9.17) is 14.0 Å². The van der Waals surface area contributed by atoms with Crippen LogP contribution in [0.5, 0.6) is 0 Å². The van der Waals surface area contributed by atoms with Gasteiger partial charge in [-0.25, -0.2) is 0 Å². The van der Waals surface area contributed by atoms with Gasteiger partial charge in [0.15, 0.2) is 0 Å². The normalized spacial score (nSPS) is 18.9. The number of hydrogen-bond acceptors (Lipinski definition) is 6. The van der Waals surface area contributed by atoms with Gasteiger partial charge in [0, 0.05) is 6.61 Å². The molecule has 0 aliphatic carbocycles. The summed E-state index contributed by atoms with van der Waals surface area (Å²) in [4.78, 5) is 4.44. The summed E-state index contributed by atoms with van der Waals surface area (Å²) in [6.45, 7) is 11.3. The van der Waals surface area contributed by atoms with Crippen LogP contribution in [0.2, 0.25) is 0 Å². The summed E-state index contributed by atoms with van der Waals surface area (Å²) in [5.41, 5.74) is -0.0763. The van der Waals surface area contributed by atoms with Crippen LogP contribution in [0, 0.1) is 5.41 Å². The summed E-state index contributed by atoms with van der Waals surface area (Å²) < 4.78 is 16.9. The largest absolute Gasteiger partial charge is 0.370 e. The molecular weight excluding hydrogens is 270 g/mol. The molecule has 21 heavy (non-hydrogen) atoms. The molecule has 0 saturated carbocycles. The Hall–Kier alpha value is -0.980. The van der Waals surface area contributed by atoms with Crippen molar-refractivity contribution < 1.29 is 14.0 Å². The van der Waals surface area contributed by atoms with Crippen LogP contribution >= 0.6 is 0 Å². The van der Waals surface area contributed by atoms with Gasteiger partial charge in [0.2, 0.25) is 5.82 Å². The topological polar surface area (TPSA) is 69.4 Å². The van der Waals surface area contributed by atoms with Gasteiger partial charge in [0.05, 0.1) is 6.10 Å². The number of ether oxygens (including phenoxy) is 2. The zero-order chi connectivity index (χ0) is 15.3. The molecule has 2 heterocycles. The Morgan fingerprint density at radius 3 is 2.67 bits per heavy atom. The summed E-state index contributed by atoms with van der Waals surface area (Å²) >= 11 is 0. The molecule has 1 aromatic heterocycles. The first kappa shape index (κ1) is 16.4. The molecule has 1 aromatic rings. The molecule has 1 atom stereocenters. The zero-order valence-corrected chi connectivity index (χ0v) is 13.5.